The van der Waals surface area contributed by atoms with E-state index in [0.29, 0.717) is 18.5 Å². The Morgan fingerprint density at radius 2 is 2.00 bits per heavy atom. The fourth-order valence-electron chi connectivity index (χ4n) is 3.67. The smallest absolute Gasteiger partial charge is 0.223 e. The Morgan fingerprint density at radius 1 is 1.10 bits per heavy atom. The van der Waals surface area contributed by atoms with Crippen molar-refractivity contribution in [3.05, 3.63) is 66.1 Å². The maximum absolute atomic E-state index is 13.5. The minimum Gasteiger partial charge on any atom is -0.381 e. The molecule has 0 aliphatic carbocycles. The highest BCUT2D eigenvalue weighted by Crippen LogP contribution is 2.23. The van der Waals surface area contributed by atoms with Crippen LogP contribution in [0.15, 0.2) is 54.7 Å². The monoisotopic (exact) mass is 404 g/mol. The van der Waals surface area contributed by atoms with Crippen LogP contribution < -0.4 is 5.32 Å². The Hall–Kier alpha value is -3.39. The number of benzene rings is 2. The highest BCUT2D eigenvalue weighted by atomic mass is 19.1. The molecule has 4 aromatic rings. The van der Waals surface area contributed by atoms with Gasteiger partial charge in [-0.2, -0.15) is 0 Å². The Bertz CT molecular complexity index is 1170. The second kappa shape index (κ2) is 8.16. The maximum atomic E-state index is 13.5. The van der Waals surface area contributed by atoms with Crippen LogP contribution in [0.25, 0.3) is 22.3 Å². The van der Waals surface area contributed by atoms with Crippen LogP contribution in [0.3, 0.4) is 0 Å². The van der Waals surface area contributed by atoms with Gasteiger partial charge in [-0.15, -0.1) is 5.10 Å². The van der Waals surface area contributed by atoms with E-state index in [1.54, 1.807) is 16.9 Å². The minimum atomic E-state index is -0.256. The third kappa shape index (κ3) is 3.99. The molecule has 152 valence electrons. The summed E-state index contributed by atoms with van der Waals surface area (Å²) in [7, 11) is 0. The number of ether oxygens (including phenoxy) is 1. The van der Waals surface area contributed by atoms with Crippen molar-refractivity contribution in [3.63, 3.8) is 0 Å². The summed E-state index contributed by atoms with van der Waals surface area (Å²) in [4.78, 5) is 9.02. The molecular weight excluding hydrogens is 383 g/mol. The summed E-state index contributed by atoms with van der Waals surface area (Å²) >= 11 is 0. The molecule has 2 aromatic heterocycles. The van der Waals surface area contributed by atoms with Gasteiger partial charge in [-0.1, -0.05) is 23.4 Å². The van der Waals surface area contributed by atoms with Crippen molar-refractivity contribution < 1.29 is 9.13 Å². The summed E-state index contributed by atoms with van der Waals surface area (Å²) in [5.41, 5.74) is 4.25. The molecule has 1 N–H and O–H groups in total. The third-order valence-electron chi connectivity index (χ3n) is 5.24. The van der Waals surface area contributed by atoms with Crippen molar-refractivity contribution >= 4 is 17.0 Å². The molecule has 0 amide bonds. The predicted molar refractivity (Wildman–Crippen MR) is 112 cm³/mol. The third-order valence-corrected chi connectivity index (χ3v) is 5.24. The lowest BCUT2D eigenvalue weighted by atomic mass is 10.1. The molecule has 0 radical (unpaired) electrons. The van der Waals surface area contributed by atoms with Crippen LogP contribution in [-0.2, 0) is 11.3 Å². The maximum Gasteiger partial charge on any atom is 0.223 e. The molecule has 8 heteroatoms. The number of hydrogen-bond donors (Lipinski definition) is 1. The van der Waals surface area contributed by atoms with E-state index in [1.165, 1.54) is 12.1 Å². The largest absolute Gasteiger partial charge is 0.381 e. The van der Waals surface area contributed by atoms with Crippen molar-refractivity contribution in [2.75, 3.05) is 18.5 Å². The summed E-state index contributed by atoms with van der Waals surface area (Å²) in [5, 5.41) is 11.9. The Balaban J connectivity index is 1.38. The number of nitrogens with one attached hydrogen (secondary N) is 1. The van der Waals surface area contributed by atoms with Crippen molar-refractivity contribution in [3.8, 4) is 11.3 Å². The van der Waals surface area contributed by atoms with Crippen LogP contribution in [0.2, 0.25) is 0 Å². The average molecular weight is 404 g/mol. The van der Waals surface area contributed by atoms with Gasteiger partial charge in [-0.25, -0.2) is 19.0 Å². The van der Waals surface area contributed by atoms with E-state index in [4.69, 9.17) is 4.74 Å². The molecule has 30 heavy (non-hydrogen) atoms. The second-order valence-corrected chi connectivity index (χ2v) is 7.38. The zero-order chi connectivity index (χ0) is 20.3. The van der Waals surface area contributed by atoms with Gasteiger partial charge >= 0.3 is 0 Å². The molecule has 3 heterocycles. The molecule has 1 aliphatic heterocycles. The summed E-state index contributed by atoms with van der Waals surface area (Å²) in [6.07, 6.45) is 3.66. The zero-order valence-electron chi connectivity index (χ0n) is 16.3. The molecule has 1 fully saturated rings. The van der Waals surface area contributed by atoms with Gasteiger partial charge in [0, 0.05) is 31.0 Å². The molecule has 1 saturated heterocycles. The van der Waals surface area contributed by atoms with E-state index in [9.17, 15) is 4.39 Å². The molecule has 0 unspecified atom stereocenters. The molecule has 5 rings (SSSR count). The van der Waals surface area contributed by atoms with Gasteiger partial charge in [0.15, 0.2) is 0 Å². The predicted octanol–water partition coefficient (Wildman–Crippen LogP) is 3.67. The minimum absolute atomic E-state index is 0.256. The number of aromatic nitrogens is 5. The molecule has 0 atom stereocenters. The lowest BCUT2D eigenvalue weighted by Crippen LogP contribution is -2.28. The first-order valence-electron chi connectivity index (χ1n) is 10.00. The van der Waals surface area contributed by atoms with E-state index < -0.39 is 0 Å². The van der Waals surface area contributed by atoms with Gasteiger partial charge in [-0.05, 0) is 48.7 Å². The fourth-order valence-corrected chi connectivity index (χ4v) is 3.67. The topological polar surface area (TPSA) is 77.8 Å². The summed E-state index contributed by atoms with van der Waals surface area (Å²) in [6, 6.07) is 14.7. The molecule has 0 saturated carbocycles. The first-order valence-corrected chi connectivity index (χ1v) is 10.00. The van der Waals surface area contributed by atoms with Gasteiger partial charge < -0.3 is 10.1 Å². The van der Waals surface area contributed by atoms with Crippen LogP contribution in [-0.4, -0.2) is 44.2 Å². The summed E-state index contributed by atoms with van der Waals surface area (Å²) in [6.45, 7) is 1.99. The van der Waals surface area contributed by atoms with Crippen molar-refractivity contribution in [1.29, 1.82) is 0 Å². The van der Waals surface area contributed by atoms with Gasteiger partial charge in [0.2, 0.25) is 5.95 Å². The number of nitrogens with zero attached hydrogens (tertiary/aromatic N) is 5. The van der Waals surface area contributed by atoms with Crippen LogP contribution in [0.5, 0.6) is 0 Å². The van der Waals surface area contributed by atoms with Gasteiger partial charge in [0.25, 0.3) is 0 Å². The molecule has 1 aliphatic rings. The number of hydrogen-bond acceptors (Lipinski definition) is 6. The average Bonchev–Trinajstić information content (AvgIpc) is 3.17. The van der Waals surface area contributed by atoms with Gasteiger partial charge in [0.1, 0.15) is 11.3 Å². The van der Waals surface area contributed by atoms with E-state index in [0.717, 1.165) is 53.9 Å². The van der Waals surface area contributed by atoms with Gasteiger partial charge in [0.05, 0.1) is 17.8 Å². The first kappa shape index (κ1) is 18.6. The van der Waals surface area contributed by atoms with Crippen molar-refractivity contribution in [2.24, 2.45) is 0 Å². The SMILES string of the molecule is Fc1cccc(Cn2nnc3cc(-c4ccnc(NC5CCOCC5)n4)ccc32)c1. The van der Waals surface area contributed by atoms with Crippen molar-refractivity contribution in [2.45, 2.75) is 25.4 Å². The lowest BCUT2D eigenvalue weighted by molar-refractivity contribution is 0.0903. The highest BCUT2D eigenvalue weighted by Gasteiger charge is 2.15. The van der Waals surface area contributed by atoms with Crippen LogP contribution in [0.4, 0.5) is 10.3 Å². The first-order chi connectivity index (χ1) is 14.7. The second-order valence-electron chi connectivity index (χ2n) is 7.38. The zero-order valence-corrected chi connectivity index (χ0v) is 16.3. The normalized spacial score (nSPS) is 14.8. The number of rotatable bonds is 5. The Labute approximate surface area is 172 Å². The fraction of sp³-hybridized carbons (Fsp3) is 0.273. The number of anilines is 1. The summed E-state index contributed by atoms with van der Waals surface area (Å²) < 4.78 is 20.6. The molecule has 7 nitrogen and oxygen atoms in total. The molecule has 0 spiro atoms. The standard InChI is InChI=1S/C22H21FN6O/c23-17-3-1-2-15(12-17)14-29-21-5-4-16(13-20(21)27-28-29)19-6-9-24-22(26-19)25-18-7-10-30-11-8-18/h1-6,9,12-13,18H,7-8,10-11,14H2,(H,24,25,26). The summed E-state index contributed by atoms with van der Waals surface area (Å²) in [5.74, 6) is 0.363. The van der Waals surface area contributed by atoms with E-state index >= 15 is 0 Å². The quantitative estimate of drug-likeness (QED) is 0.547. The van der Waals surface area contributed by atoms with E-state index in [-0.39, 0.29) is 5.82 Å². The Kier molecular flexibility index (Phi) is 5.06. The number of halogens is 1. The highest BCUT2D eigenvalue weighted by molar-refractivity contribution is 5.80. The molecular formula is C22H21FN6O. The van der Waals surface area contributed by atoms with E-state index in [2.05, 4.69) is 25.6 Å². The van der Waals surface area contributed by atoms with Crippen LogP contribution in [0, 0.1) is 5.82 Å². The Morgan fingerprint density at radius 3 is 2.87 bits per heavy atom. The van der Waals surface area contributed by atoms with E-state index in [1.807, 2.05) is 30.3 Å². The molecule has 2 aromatic carbocycles. The number of fused-ring (bicyclic) bond motifs is 1. The van der Waals surface area contributed by atoms with Gasteiger partial charge in [-0.3, -0.25) is 0 Å². The van der Waals surface area contributed by atoms with Crippen molar-refractivity contribution in [1.82, 2.24) is 25.0 Å². The lowest BCUT2D eigenvalue weighted by Gasteiger charge is -2.23. The van der Waals surface area contributed by atoms with Crippen LogP contribution >= 0.6 is 0 Å². The molecule has 0 bridgehead atoms. The van der Waals surface area contributed by atoms with Crippen LogP contribution in [0.1, 0.15) is 18.4 Å².